The van der Waals surface area contributed by atoms with Gasteiger partial charge in [-0.05, 0) is 89.1 Å². The SMILES string of the molecule is COc1cc(C=O)cc(I)c1OC1C=C(C(=O)NCCO)CC(N(Cc2ccc(Cl)cc2Cl)C(=O)COC2CC(C)CCC2C(C)C)C1O. The number of nitrogens with zero attached hydrogens (tertiary/aromatic N) is 1. The van der Waals surface area contributed by atoms with Gasteiger partial charge in [-0.2, -0.15) is 0 Å². The summed E-state index contributed by atoms with van der Waals surface area (Å²) in [5.74, 6) is 0.851. The number of benzene rings is 2. The Morgan fingerprint density at radius 3 is 2.59 bits per heavy atom. The zero-order valence-corrected chi connectivity index (χ0v) is 31.8. The largest absolute Gasteiger partial charge is 0.493 e. The molecule has 0 bridgehead atoms. The van der Waals surface area contributed by atoms with E-state index in [1.54, 1.807) is 24.3 Å². The van der Waals surface area contributed by atoms with Crippen molar-refractivity contribution in [3.05, 3.63) is 66.7 Å². The average Bonchev–Trinajstić information content (AvgIpc) is 3.07. The van der Waals surface area contributed by atoms with Gasteiger partial charge >= 0.3 is 0 Å². The minimum Gasteiger partial charge on any atom is -0.493 e. The van der Waals surface area contributed by atoms with Crippen LogP contribution >= 0.6 is 45.8 Å². The standard InChI is InChI=1S/C36H45Cl2IN2O8/c1-20(2)26-8-5-21(3)11-30(26)48-19-33(44)41(17-23-6-7-25(37)16-27(23)38)29-14-24(36(46)40-9-10-42)15-31(34(29)45)49-35-28(39)12-22(18-43)13-32(35)47-4/h6-7,12-13,15-16,18,20-21,26,29-31,34,42,45H,5,8-11,14,17,19H2,1-4H3,(H,40,46). The Morgan fingerprint density at radius 2 is 1.94 bits per heavy atom. The molecule has 49 heavy (non-hydrogen) atoms. The molecule has 0 aliphatic heterocycles. The molecule has 2 aromatic carbocycles. The van der Waals surface area contributed by atoms with Crippen LogP contribution < -0.4 is 14.8 Å². The van der Waals surface area contributed by atoms with Gasteiger partial charge in [-0.1, -0.05) is 56.5 Å². The minimum absolute atomic E-state index is 0.00173. The second kappa shape index (κ2) is 18.2. The van der Waals surface area contributed by atoms with E-state index >= 15 is 0 Å². The first kappa shape index (κ1) is 39.4. The van der Waals surface area contributed by atoms with E-state index in [4.69, 9.17) is 37.4 Å². The zero-order chi connectivity index (χ0) is 35.8. The number of carbonyl (C=O) groups is 3. The predicted molar refractivity (Wildman–Crippen MR) is 196 cm³/mol. The highest BCUT2D eigenvalue weighted by Gasteiger charge is 2.42. The van der Waals surface area contributed by atoms with Gasteiger partial charge < -0.3 is 34.6 Å². The number of amides is 2. The van der Waals surface area contributed by atoms with Gasteiger partial charge in [0.25, 0.3) is 0 Å². The zero-order valence-electron chi connectivity index (χ0n) is 28.2. The second-order valence-electron chi connectivity index (χ2n) is 13.1. The molecule has 3 N–H and O–H groups in total. The first-order valence-corrected chi connectivity index (χ1v) is 18.3. The first-order chi connectivity index (χ1) is 23.4. The quantitative estimate of drug-likeness (QED) is 0.160. The molecule has 2 aromatic rings. The average molecular weight is 832 g/mol. The molecule has 0 saturated heterocycles. The molecular weight excluding hydrogens is 786 g/mol. The Labute approximate surface area is 311 Å². The molecule has 2 aliphatic rings. The van der Waals surface area contributed by atoms with E-state index < -0.39 is 24.2 Å². The van der Waals surface area contributed by atoms with Gasteiger partial charge in [-0.3, -0.25) is 14.4 Å². The van der Waals surface area contributed by atoms with Crippen molar-refractivity contribution in [1.82, 2.24) is 10.2 Å². The molecule has 0 aromatic heterocycles. The third kappa shape index (κ3) is 10.1. The molecule has 1 saturated carbocycles. The maximum Gasteiger partial charge on any atom is 0.249 e. The van der Waals surface area contributed by atoms with E-state index in [1.807, 2.05) is 22.6 Å². The van der Waals surface area contributed by atoms with Crippen molar-refractivity contribution in [2.24, 2.45) is 17.8 Å². The van der Waals surface area contributed by atoms with E-state index in [1.165, 1.54) is 24.2 Å². The Kier molecular flexibility index (Phi) is 14.6. The Hall–Kier alpha value is -2.42. The minimum atomic E-state index is -1.31. The van der Waals surface area contributed by atoms with Crippen LogP contribution in [0.25, 0.3) is 0 Å². The van der Waals surface area contributed by atoms with E-state index in [2.05, 4.69) is 26.1 Å². The van der Waals surface area contributed by atoms with Gasteiger partial charge in [0.2, 0.25) is 11.8 Å². The Balaban J connectivity index is 1.72. The molecule has 4 rings (SSSR count). The van der Waals surface area contributed by atoms with Crippen molar-refractivity contribution in [1.29, 1.82) is 0 Å². The summed E-state index contributed by atoms with van der Waals surface area (Å²) in [4.78, 5) is 40.6. The van der Waals surface area contributed by atoms with Crippen LogP contribution in [-0.2, 0) is 20.9 Å². The van der Waals surface area contributed by atoms with Crippen LogP contribution in [0.3, 0.4) is 0 Å². The third-order valence-electron chi connectivity index (χ3n) is 9.31. The van der Waals surface area contributed by atoms with Crippen molar-refractivity contribution >= 4 is 63.9 Å². The molecule has 6 unspecified atom stereocenters. The molecule has 1 fully saturated rings. The fourth-order valence-corrected chi connectivity index (χ4v) is 7.85. The molecule has 6 atom stereocenters. The number of carbonyl (C=O) groups excluding carboxylic acids is 3. The molecule has 2 amide bonds. The summed E-state index contributed by atoms with van der Waals surface area (Å²) in [6, 6.07) is 7.16. The number of aliphatic hydroxyl groups excluding tert-OH is 2. The number of hydrogen-bond donors (Lipinski definition) is 3. The van der Waals surface area contributed by atoms with E-state index in [0.717, 1.165) is 19.3 Å². The molecule has 0 heterocycles. The number of hydrogen-bond acceptors (Lipinski definition) is 8. The lowest BCUT2D eigenvalue weighted by atomic mass is 9.75. The molecule has 0 spiro atoms. The fourth-order valence-electron chi connectivity index (χ4n) is 6.63. The maximum absolute atomic E-state index is 14.3. The molecule has 0 radical (unpaired) electrons. The van der Waals surface area contributed by atoms with Gasteiger partial charge in [0, 0.05) is 40.7 Å². The van der Waals surface area contributed by atoms with Crippen LogP contribution in [0.5, 0.6) is 11.5 Å². The lowest BCUT2D eigenvalue weighted by Gasteiger charge is -2.41. The van der Waals surface area contributed by atoms with Crippen LogP contribution in [0.4, 0.5) is 0 Å². The van der Waals surface area contributed by atoms with E-state index in [9.17, 15) is 24.6 Å². The second-order valence-corrected chi connectivity index (χ2v) is 15.1. The third-order valence-corrected chi connectivity index (χ3v) is 10.7. The molecule has 10 nitrogen and oxygen atoms in total. The van der Waals surface area contributed by atoms with Crippen LogP contribution in [0, 0.1) is 21.3 Å². The summed E-state index contributed by atoms with van der Waals surface area (Å²) in [7, 11) is 1.43. The number of nitrogens with one attached hydrogen (secondary N) is 1. The lowest BCUT2D eigenvalue weighted by Crippen LogP contribution is -2.55. The van der Waals surface area contributed by atoms with Crippen molar-refractivity contribution in [3.63, 3.8) is 0 Å². The summed E-state index contributed by atoms with van der Waals surface area (Å²) in [6.45, 7) is 6.06. The normalized spacial score (nSPS) is 23.8. The topological polar surface area (TPSA) is 135 Å². The van der Waals surface area contributed by atoms with Crippen LogP contribution in [0.1, 0.15) is 62.4 Å². The number of aldehydes is 1. The first-order valence-electron chi connectivity index (χ1n) is 16.5. The van der Waals surface area contributed by atoms with Crippen molar-refractivity contribution in [2.45, 2.75) is 77.4 Å². The maximum atomic E-state index is 14.3. The predicted octanol–water partition coefficient (Wildman–Crippen LogP) is 5.84. The van der Waals surface area contributed by atoms with Gasteiger partial charge in [0.15, 0.2) is 11.5 Å². The smallest absolute Gasteiger partial charge is 0.249 e. The Morgan fingerprint density at radius 1 is 1.18 bits per heavy atom. The monoisotopic (exact) mass is 830 g/mol. The number of ether oxygens (including phenoxy) is 3. The highest BCUT2D eigenvalue weighted by atomic mass is 127. The number of aliphatic hydroxyl groups is 2. The van der Waals surface area contributed by atoms with Gasteiger partial charge in [0.05, 0.1) is 29.4 Å². The fraction of sp³-hybridized carbons (Fsp3) is 0.528. The van der Waals surface area contributed by atoms with Crippen LogP contribution in [0.15, 0.2) is 42.0 Å². The number of rotatable bonds is 14. The summed E-state index contributed by atoms with van der Waals surface area (Å²) in [5, 5.41) is 24.8. The molecule has 13 heteroatoms. The van der Waals surface area contributed by atoms with Crippen molar-refractivity contribution < 1.29 is 38.8 Å². The van der Waals surface area contributed by atoms with Gasteiger partial charge in [0.1, 0.15) is 25.1 Å². The summed E-state index contributed by atoms with van der Waals surface area (Å²) >= 11 is 14.8. The summed E-state index contributed by atoms with van der Waals surface area (Å²) in [6.07, 6.45) is 2.66. The Bertz CT molecular complexity index is 1520. The summed E-state index contributed by atoms with van der Waals surface area (Å²) in [5.41, 5.74) is 1.23. The van der Waals surface area contributed by atoms with Crippen molar-refractivity contribution in [2.75, 3.05) is 26.9 Å². The van der Waals surface area contributed by atoms with E-state index in [-0.39, 0.29) is 61.8 Å². The molecule has 268 valence electrons. The summed E-state index contributed by atoms with van der Waals surface area (Å²) < 4.78 is 18.8. The van der Waals surface area contributed by atoms with Crippen LogP contribution in [0.2, 0.25) is 10.0 Å². The van der Waals surface area contributed by atoms with Crippen LogP contribution in [-0.4, -0.2) is 84.4 Å². The number of methoxy groups -OCH3 is 1. The van der Waals surface area contributed by atoms with Gasteiger partial charge in [-0.15, -0.1) is 0 Å². The van der Waals surface area contributed by atoms with Crippen molar-refractivity contribution in [3.8, 4) is 11.5 Å². The highest BCUT2D eigenvalue weighted by molar-refractivity contribution is 14.1. The lowest BCUT2D eigenvalue weighted by molar-refractivity contribution is -0.149. The molecular formula is C36H45Cl2IN2O8. The van der Waals surface area contributed by atoms with Gasteiger partial charge in [-0.25, -0.2) is 0 Å². The molecule has 2 aliphatic carbocycles. The highest BCUT2D eigenvalue weighted by Crippen LogP contribution is 2.38. The number of halogens is 3. The van der Waals surface area contributed by atoms with E-state index in [0.29, 0.717) is 48.8 Å².